The van der Waals surface area contributed by atoms with Crippen LogP contribution in [0.3, 0.4) is 0 Å². The number of nitrogens with one attached hydrogen (secondary N) is 1. The molecule has 1 aromatic heterocycles. The molecule has 94 valence electrons. The van der Waals surface area contributed by atoms with Crippen LogP contribution in [-0.2, 0) is 0 Å². The van der Waals surface area contributed by atoms with Crippen molar-refractivity contribution in [1.29, 1.82) is 0 Å². The minimum Gasteiger partial charge on any atom is -0.464 e. The second kappa shape index (κ2) is 4.49. The molecule has 1 amide bonds. The van der Waals surface area contributed by atoms with Gasteiger partial charge in [-0.05, 0) is 35.7 Å². The third kappa shape index (κ3) is 2.04. The predicted octanol–water partition coefficient (Wildman–Crippen LogP) is 3.98. The van der Waals surface area contributed by atoms with Crippen molar-refractivity contribution in [1.82, 2.24) is 4.98 Å². The van der Waals surface area contributed by atoms with Crippen LogP contribution in [0.5, 0.6) is 0 Å². The molecular formula is C15H12N2O2. The fourth-order valence-corrected chi connectivity index (χ4v) is 2.12. The molecule has 4 heteroatoms. The molecule has 0 spiro atoms. The molecule has 0 saturated carbocycles. The highest BCUT2D eigenvalue weighted by Crippen LogP contribution is 2.28. The highest BCUT2D eigenvalue weighted by atomic mass is 16.4. The average Bonchev–Trinajstić information content (AvgIpc) is 2.87. The van der Waals surface area contributed by atoms with Crippen molar-refractivity contribution in [2.75, 3.05) is 4.90 Å². The second-order valence-corrected chi connectivity index (χ2v) is 4.20. The van der Waals surface area contributed by atoms with Gasteiger partial charge in [-0.1, -0.05) is 24.3 Å². The molecule has 0 aliphatic carbocycles. The van der Waals surface area contributed by atoms with Gasteiger partial charge >= 0.3 is 6.09 Å². The number of aromatic amines is 1. The SMILES string of the molecule is O=C(O)N(c1ccccc1)c1ccc2cc[nH]c2c1. The lowest BCUT2D eigenvalue weighted by Crippen LogP contribution is -2.23. The molecule has 19 heavy (non-hydrogen) atoms. The molecule has 0 fully saturated rings. The predicted molar refractivity (Wildman–Crippen MR) is 74.9 cm³/mol. The zero-order chi connectivity index (χ0) is 13.2. The summed E-state index contributed by atoms with van der Waals surface area (Å²) in [5, 5.41) is 10.5. The number of fused-ring (bicyclic) bond motifs is 1. The van der Waals surface area contributed by atoms with Crippen molar-refractivity contribution in [3.05, 3.63) is 60.8 Å². The van der Waals surface area contributed by atoms with E-state index in [0.29, 0.717) is 11.4 Å². The number of rotatable bonds is 2. The number of H-pyrrole nitrogens is 1. The van der Waals surface area contributed by atoms with Crippen LogP contribution in [0.2, 0.25) is 0 Å². The number of carbonyl (C=O) groups is 1. The zero-order valence-electron chi connectivity index (χ0n) is 10.1. The number of nitrogens with zero attached hydrogens (tertiary/aromatic N) is 1. The van der Waals surface area contributed by atoms with Gasteiger partial charge in [0.2, 0.25) is 0 Å². The van der Waals surface area contributed by atoms with E-state index in [1.54, 1.807) is 18.2 Å². The van der Waals surface area contributed by atoms with Gasteiger partial charge in [0.05, 0.1) is 11.4 Å². The third-order valence-corrected chi connectivity index (χ3v) is 3.00. The topological polar surface area (TPSA) is 56.3 Å². The Morgan fingerprint density at radius 1 is 1.00 bits per heavy atom. The van der Waals surface area contributed by atoms with Crippen LogP contribution < -0.4 is 4.90 Å². The maximum absolute atomic E-state index is 11.5. The molecule has 0 radical (unpaired) electrons. The summed E-state index contributed by atoms with van der Waals surface area (Å²) in [6.07, 6.45) is 0.833. The first-order valence-corrected chi connectivity index (χ1v) is 5.91. The normalized spacial score (nSPS) is 10.5. The van der Waals surface area contributed by atoms with Crippen LogP contribution in [0, 0.1) is 0 Å². The molecule has 0 aliphatic heterocycles. The first-order valence-electron chi connectivity index (χ1n) is 5.91. The Hall–Kier alpha value is -2.75. The summed E-state index contributed by atoms with van der Waals surface area (Å²) in [7, 11) is 0. The largest absolute Gasteiger partial charge is 0.464 e. The standard InChI is InChI=1S/C15H12N2O2/c18-15(19)17(12-4-2-1-3-5-12)13-7-6-11-8-9-16-14(11)10-13/h1-10,16H,(H,18,19). The molecule has 0 atom stereocenters. The Labute approximate surface area is 109 Å². The maximum Gasteiger partial charge on any atom is 0.416 e. The van der Waals surface area contributed by atoms with Gasteiger partial charge in [-0.15, -0.1) is 0 Å². The van der Waals surface area contributed by atoms with Crippen molar-refractivity contribution in [3.8, 4) is 0 Å². The number of aromatic nitrogens is 1. The molecular weight excluding hydrogens is 240 g/mol. The Morgan fingerprint density at radius 2 is 1.79 bits per heavy atom. The third-order valence-electron chi connectivity index (χ3n) is 3.00. The fourth-order valence-electron chi connectivity index (χ4n) is 2.12. The van der Waals surface area contributed by atoms with Gasteiger partial charge in [0.15, 0.2) is 0 Å². The number of hydrogen-bond donors (Lipinski definition) is 2. The highest BCUT2D eigenvalue weighted by Gasteiger charge is 2.16. The molecule has 2 aromatic carbocycles. The Morgan fingerprint density at radius 3 is 2.53 bits per heavy atom. The summed E-state index contributed by atoms with van der Waals surface area (Å²) in [5.41, 5.74) is 2.16. The first kappa shape index (κ1) is 11.3. The Bertz CT molecular complexity index is 719. The van der Waals surface area contributed by atoms with E-state index in [2.05, 4.69) is 4.98 Å². The number of amides is 1. The number of carboxylic acid groups (broad SMARTS) is 1. The highest BCUT2D eigenvalue weighted by molar-refractivity contribution is 5.97. The van der Waals surface area contributed by atoms with E-state index in [9.17, 15) is 9.90 Å². The molecule has 0 saturated heterocycles. The van der Waals surface area contributed by atoms with E-state index < -0.39 is 6.09 Å². The minimum atomic E-state index is -1.00. The van der Waals surface area contributed by atoms with Crippen LogP contribution in [0.25, 0.3) is 10.9 Å². The molecule has 0 aliphatic rings. The van der Waals surface area contributed by atoms with Crippen LogP contribution >= 0.6 is 0 Å². The molecule has 0 bridgehead atoms. The van der Waals surface area contributed by atoms with Crippen molar-refractivity contribution in [2.45, 2.75) is 0 Å². The monoisotopic (exact) mass is 252 g/mol. The lowest BCUT2D eigenvalue weighted by Gasteiger charge is -2.19. The smallest absolute Gasteiger partial charge is 0.416 e. The van der Waals surface area contributed by atoms with Gasteiger partial charge in [0.25, 0.3) is 0 Å². The molecule has 0 unspecified atom stereocenters. The summed E-state index contributed by atoms with van der Waals surface area (Å²) < 4.78 is 0. The number of anilines is 2. The fraction of sp³-hybridized carbons (Fsp3) is 0. The summed E-state index contributed by atoms with van der Waals surface area (Å²) in [4.78, 5) is 15.8. The number of para-hydroxylation sites is 1. The van der Waals surface area contributed by atoms with Crippen molar-refractivity contribution < 1.29 is 9.90 Å². The average molecular weight is 252 g/mol. The van der Waals surface area contributed by atoms with Crippen molar-refractivity contribution >= 4 is 28.4 Å². The van der Waals surface area contributed by atoms with Crippen molar-refractivity contribution in [3.63, 3.8) is 0 Å². The maximum atomic E-state index is 11.5. The van der Waals surface area contributed by atoms with E-state index in [0.717, 1.165) is 10.9 Å². The second-order valence-electron chi connectivity index (χ2n) is 4.20. The van der Waals surface area contributed by atoms with Gasteiger partial charge in [0, 0.05) is 11.7 Å². The molecule has 1 heterocycles. The van der Waals surface area contributed by atoms with Gasteiger partial charge in [0.1, 0.15) is 0 Å². The van der Waals surface area contributed by atoms with Crippen LogP contribution in [0.4, 0.5) is 16.2 Å². The van der Waals surface area contributed by atoms with E-state index in [1.165, 1.54) is 4.90 Å². The van der Waals surface area contributed by atoms with E-state index in [4.69, 9.17) is 0 Å². The van der Waals surface area contributed by atoms with Gasteiger partial charge in [-0.3, -0.25) is 0 Å². The molecule has 4 nitrogen and oxygen atoms in total. The van der Waals surface area contributed by atoms with Gasteiger partial charge < -0.3 is 10.1 Å². The van der Waals surface area contributed by atoms with E-state index >= 15 is 0 Å². The summed E-state index contributed by atoms with van der Waals surface area (Å²) in [6.45, 7) is 0. The quantitative estimate of drug-likeness (QED) is 0.724. The van der Waals surface area contributed by atoms with Crippen LogP contribution in [0.15, 0.2) is 60.8 Å². The number of benzene rings is 2. The van der Waals surface area contributed by atoms with Gasteiger partial charge in [-0.25, -0.2) is 9.69 Å². The van der Waals surface area contributed by atoms with Gasteiger partial charge in [-0.2, -0.15) is 0 Å². The number of hydrogen-bond acceptors (Lipinski definition) is 1. The first-order chi connectivity index (χ1) is 9.25. The molecule has 3 rings (SSSR count). The summed E-state index contributed by atoms with van der Waals surface area (Å²) in [5.74, 6) is 0. The van der Waals surface area contributed by atoms with Crippen molar-refractivity contribution in [2.24, 2.45) is 0 Å². The summed E-state index contributed by atoms with van der Waals surface area (Å²) in [6, 6.07) is 16.5. The van der Waals surface area contributed by atoms with E-state index in [-0.39, 0.29) is 0 Å². The van der Waals surface area contributed by atoms with Crippen LogP contribution in [-0.4, -0.2) is 16.2 Å². The zero-order valence-corrected chi connectivity index (χ0v) is 10.1. The summed E-state index contributed by atoms with van der Waals surface area (Å²) >= 11 is 0. The lowest BCUT2D eigenvalue weighted by atomic mass is 10.2. The molecule has 2 N–H and O–H groups in total. The lowest BCUT2D eigenvalue weighted by molar-refractivity contribution is 0.205. The van der Waals surface area contributed by atoms with Crippen LogP contribution in [0.1, 0.15) is 0 Å². The Kier molecular flexibility index (Phi) is 2.68. The van der Waals surface area contributed by atoms with E-state index in [1.807, 2.05) is 42.6 Å². The Balaban J connectivity index is 2.12. The molecule has 3 aromatic rings. The minimum absolute atomic E-state index is 0.619.